The van der Waals surface area contributed by atoms with Crippen LogP contribution in [0, 0.1) is 5.82 Å². The summed E-state index contributed by atoms with van der Waals surface area (Å²) in [6.45, 7) is 0.278. The summed E-state index contributed by atoms with van der Waals surface area (Å²) >= 11 is 5.89. The van der Waals surface area contributed by atoms with E-state index >= 15 is 0 Å². The molecule has 11 heteroatoms. The zero-order chi connectivity index (χ0) is 22.6. The number of carbonyl (C=O) groups is 1. The minimum absolute atomic E-state index is 0.00669. The molecule has 0 aliphatic carbocycles. The van der Waals surface area contributed by atoms with Crippen LogP contribution in [0.3, 0.4) is 0 Å². The van der Waals surface area contributed by atoms with Gasteiger partial charge in [-0.1, -0.05) is 23.7 Å². The van der Waals surface area contributed by atoms with E-state index < -0.39 is 33.7 Å². The number of benzene rings is 2. The molecule has 0 radical (unpaired) electrons. The van der Waals surface area contributed by atoms with E-state index in [4.69, 9.17) is 16.0 Å². The van der Waals surface area contributed by atoms with Gasteiger partial charge in [-0.3, -0.25) is 4.79 Å². The van der Waals surface area contributed by atoms with Gasteiger partial charge in [-0.25, -0.2) is 26.9 Å². The van der Waals surface area contributed by atoms with E-state index in [-0.39, 0.29) is 39.6 Å². The van der Waals surface area contributed by atoms with E-state index in [1.54, 1.807) is 17.0 Å². The van der Waals surface area contributed by atoms with E-state index in [1.807, 2.05) is 4.72 Å². The minimum Gasteiger partial charge on any atom is -0.451 e. The molecule has 164 valence electrons. The van der Waals surface area contributed by atoms with Crippen molar-refractivity contribution < 1.29 is 26.4 Å². The lowest BCUT2D eigenvalue weighted by atomic mass is 10.1. The molecule has 0 unspecified atom stereocenters. The van der Waals surface area contributed by atoms with Gasteiger partial charge in [-0.15, -0.1) is 0 Å². The fraction of sp³-hybridized carbons (Fsp3) is 0.143. The summed E-state index contributed by atoms with van der Waals surface area (Å²) in [5, 5.41) is 0.619. The Morgan fingerprint density at radius 2 is 1.97 bits per heavy atom. The first-order valence-corrected chi connectivity index (χ1v) is 11.3. The lowest BCUT2D eigenvalue weighted by Gasteiger charge is -2.36. The second-order valence-corrected chi connectivity index (χ2v) is 9.39. The highest BCUT2D eigenvalue weighted by Crippen LogP contribution is 2.31. The Balaban J connectivity index is 1.47. The van der Waals surface area contributed by atoms with Gasteiger partial charge in [0.05, 0.1) is 24.0 Å². The highest BCUT2D eigenvalue weighted by Gasteiger charge is 2.28. The number of furan rings is 1. The molecule has 1 amide bonds. The molecule has 0 atom stereocenters. The second-order valence-electron chi connectivity index (χ2n) is 7.35. The Hall–Kier alpha value is -3.24. The monoisotopic (exact) mass is 477 g/mol. The fourth-order valence-corrected chi connectivity index (χ4v) is 4.83. The molecule has 5 rings (SSSR count). The van der Waals surface area contributed by atoms with E-state index in [9.17, 15) is 22.0 Å². The number of nitrogens with zero attached hydrogens (tertiary/aromatic N) is 2. The Bertz CT molecular complexity index is 1500. The van der Waals surface area contributed by atoms with Gasteiger partial charge in [0.25, 0.3) is 10.0 Å². The van der Waals surface area contributed by atoms with Gasteiger partial charge < -0.3 is 9.32 Å². The predicted molar refractivity (Wildman–Crippen MR) is 115 cm³/mol. The van der Waals surface area contributed by atoms with Crippen molar-refractivity contribution in [1.82, 2.24) is 9.71 Å². The molecule has 2 aromatic heterocycles. The summed E-state index contributed by atoms with van der Waals surface area (Å²) in [5.41, 5.74) is 0.557. The number of para-hydroxylation sites is 1. The van der Waals surface area contributed by atoms with Crippen molar-refractivity contribution in [3.05, 3.63) is 65.3 Å². The van der Waals surface area contributed by atoms with Gasteiger partial charge in [-0.05, 0) is 24.3 Å². The van der Waals surface area contributed by atoms with Crippen LogP contribution in [0.2, 0.25) is 5.15 Å². The van der Waals surface area contributed by atoms with Crippen LogP contribution >= 0.6 is 11.6 Å². The standard InChI is InChI=1S/C21H14ClF2N3O4S/c22-19-5-4-11-2-1-3-18(20(11)25-19)32(29,30)26-21(28)17-8-14-15(24)6-13(7-16(14)31-17)27-9-12(23)10-27/h1-8,12H,9-10H2,(H,26,28). The van der Waals surface area contributed by atoms with Gasteiger partial charge in [0.15, 0.2) is 5.76 Å². The average Bonchev–Trinajstić information content (AvgIpc) is 3.15. The van der Waals surface area contributed by atoms with Gasteiger partial charge in [0.2, 0.25) is 0 Å². The fourth-order valence-electron chi connectivity index (χ4n) is 3.55. The molecule has 0 spiro atoms. The zero-order valence-corrected chi connectivity index (χ0v) is 17.8. The number of sulfonamides is 1. The molecule has 1 aliphatic heterocycles. The zero-order valence-electron chi connectivity index (χ0n) is 16.2. The molecule has 0 bridgehead atoms. The normalized spacial score (nSPS) is 14.7. The third kappa shape index (κ3) is 3.55. The number of hydrogen-bond donors (Lipinski definition) is 1. The van der Waals surface area contributed by atoms with E-state index in [0.717, 1.165) is 6.07 Å². The summed E-state index contributed by atoms with van der Waals surface area (Å²) in [4.78, 5) is 18.1. The first-order valence-electron chi connectivity index (χ1n) is 9.46. The highest BCUT2D eigenvalue weighted by molar-refractivity contribution is 7.90. The lowest BCUT2D eigenvalue weighted by molar-refractivity contribution is 0.0956. The first kappa shape index (κ1) is 20.7. The molecule has 32 heavy (non-hydrogen) atoms. The van der Waals surface area contributed by atoms with Crippen LogP contribution in [0.25, 0.3) is 21.9 Å². The SMILES string of the molecule is O=C(NS(=O)(=O)c1cccc2ccc(Cl)nc12)c1cc2c(F)cc(N3CC(F)C3)cc2o1. The van der Waals surface area contributed by atoms with Gasteiger partial charge in [0, 0.05) is 23.2 Å². The van der Waals surface area contributed by atoms with Crippen LogP contribution in [0.1, 0.15) is 10.6 Å². The number of carbonyl (C=O) groups excluding carboxylic acids is 1. The molecular formula is C21H14ClF2N3O4S. The van der Waals surface area contributed by atoms with E-state index in [1.165, 1.54) is 30.3 Å². The summed E-state index contributed by atoms with van der Waals surface area (Å²) in [5.74, 6) is -2.13. The Kier molecular flexibility index (Phi) is 4.79. The molecule has 7 nitrogen and oxygen atoms in total. The Morgan fingerprint density at radius 1 is 1.19 bits per heavy atom. The number of anilines is 1. The third-order valence-electron chi connectivity index (χ3n) is 5.16. The van der Waals surface area contributed by atoms with E-state index in [0.29, 0.717) is 11.1 Å². The molecule has 1 N–H and O–H groups in total. The number of nitrogens with one attached hydrogen (secondary N) is 1. The highest BCUT2D eigenvalue weighted by atomic mass is 35.5. The quantitative estimate of drug-likeness (QED) is 0.446. The predicted octanol–water partition coefficient (Wildman–Crippen LogP) is 4.05. The summed E-state index contributed by atoms with van der Waals surface area (Å²) < 4.78 is 60.7. The molecule has 3 heterocycles. The maximum Gasteiger partial charge on any atom is 0.300 e. The maximum absolute atomic E-state index is 14.5. The van der Waals surface area contributed by atoms with Crippen molar-refractivity contribution in [3.63, 3.8) is 0 Å². The number of rotatable bonds is 4. The van der Waals surface area contributed by atoms with Crippen LogP contribution < -0.4 is 9.62 Å². The largest absolute Gasteiger partial charge is 0.451 e. The van der Waals surface area contributed by atoms with Crippen LogP contribution in [-0.2, 0) is 10.0 Å². The molecule has 1 aliphatic rings. The maximum atomic E-state index is 14.5. The molecule has 1 fully saturated rings. The Labute approximate surface area is 185 Å². The topological polar surface area (TPSA) is 92.5 Å². The molecule has 4 aromatic rings. The lowest BCUT2D eigenvalue weighted by Crippen LogP contribution is -2.48. The number of amides is 1. The van der Waals surface area contributed by atoms with Crippen molar-refractivity contribution in [2.24, 2.45) is 0 Å². The summed E-state index contributed by atoms with van der Waals surface area (Å²) in [7, 11) is -4.35. The van der Waals surface area contributed by atoms with Crippen LogP contribution in [0.5, 0.6) is 0 Å². The van der Waals surface area contributed by atoms with E-state index in [2.05, 4.69) is 4.98 Å². The smallest absolute Gasteiger partial charge is 0.300 e. The van der Waals surface area contributed by atoms with Crippen LogP contribution in [0.4, 0.5) is 14.5 Å². The average molecular weight is 478 g/mol. The Morgan fingerprint density at radius 3 is 2.72 bits per heavy atom. The van der Waals surface area contributed by atoms with Crippen LogP contribution in [-0.4, -0.2) is 38.6 Å². The minimum atomic E-state index is -4.35. The molecule has 1 saturated heterocycles. The van der Waals surface area contributed by atoms with Crippen molar-refractivity contribution in [2.75, 3.05) is 18.0 Å². The summed E-state index contributed by atoms with van der Waals surface area (Å²) in [6.07, 6.45) is -0.977. The number of fused-ring (bicyclic) bond motifs is 2. The molecule has 2 aromatic carbocycles. The number of aromatic nitrogens is 1. The number of hydrogen-bond acceptors (Lipinski definition) is 6. The number of alkyl halides is 1. The van der Waals surface area contributed by atoms with Crippen LogP contribution in [0.15, 0.2) is 57.8 Å². The van der Waals surface area contributed by atoms with Gasteiger partial charge >= 0.3 is 5.91 Å². The molecule has 0 saturated carbocycles. The number of halogens is 3. The van der Waals surface area contributed by atoms with Gasteiger partial charge in [0.1, 0.15) is 27.6 Å². The van der Waals surface area contributed by atoms with Crippen molar-refractivity contribution in [1.29, 1.82) is 0 Å². The van der Waals surface area contributed by atoms with Crippen molar-refractivity contribution in [2.45, 2.75) is 11.1 Å². The third-order valence-corrected chi connectivity index (χ3v) is 6.74. The first-order chi connectivity index (χ1) is 15.2. The van der Waals surface area contributed by atoms with Crippen molar-refractivity contribution in [3.8, 4) is 0 Å². The number of pyridine rings is 1. The van der Waals surface area contributed by atoms with Gasteiger partial charge in [-0.2, -0.15) is 0 Å². The second kappa shape index (κ2) is 7.42. The van der Waals surface area contributed by atoms with Crippen molar-refractivity contribution >= 4 is 55.1 Å². The molecular weight excluding hydrogens is 464 g/mol. The summed E-state index contributed by atoms with van der Waals surface area (Å²) in [6, 6.07) is 11.4.